The van der Waals surface area contributed by atoms with Gasteiger partial charge in [0.15, 0.2) is 0 Å². The smallest absolute Gasteiger partial charge is 0.110 e. The molecule has 5 heteroatoms. The first kappa shape index (κ1) is 12.8. The van der Waals surface area contributed by atoms with Crippen LogP contribution in [-0.2, 0) is 6.54 Å². The summed E-state index contributed by atoms with van der Waals surface area (Å²) in [4.78, 5) is 4.75. The van der Waals surface area contributed by atoms with Crippen LogP contribution in [0.15, 0.2) is 5.38 Å². The van der Waals surface area contributed by atoms with E-state index in [1.807, 2.05) is 11.6 Å². The topological polar surface area (TPSA) is 56.7 Å². The lowest BCUT2D eigenvalue weighted by Gasteiger charge is -2.05. The fourth-order valence-electron chi connectivity index (χ4n) is 2.59. The number of aromatic nitrogens is 3. The minimum Gasteiger partial charge on any atom is -0.322 e. The summed E-state index contributed by atoms with van der Waals surface area (Å²) < 4.78 is 2.03. The number of nitrogens with two attached hydrogens (primary N) is 1. The van der Waals surface area contributed by atoms with Crippen LogP contribution in [0.4, 0.5) is 0 Å². The molecule has 2 heterocycles. The normalized spacial score (nSPS) is 16.8. The summed E-state index contributed by atoms with van der Waals surface area (Å²) in [7, 11) is 0. The average Bonchev–Trinajstić information content (AvgIpc) is 3.07. The van der Waals surface area contributed by atoms with Crippen molar-refractivity contribution >= 4 is 11.3 Å². The summed E-state index contributed by atoms with van der Waals surface area (Å²) in [6.45, 7) is 7.16. The van der Waals surface area contributed by atoms with E-state index >= 15 is 0 Å². The number of rotatable bonds is 4. The van der Waals surface area contributed by atoms with Gasteiger partial charge in [-0.3, -0.25) is 4.68 Å². The summed E-state index contributed by atoms with van der Waals surface area (Å²) in [6.07, 6.45) is 2.50. The van der Waals surface area contributed by atoms with E-state index in [2.05, 4.69) is 24.3 Å². The van der Waals surface area contributed by atoms with Crippen molar-refractivity contribution in [3.63, 3.8) is 0 Å². The molecule has 1 unspecified atom stereocenters. The Balaban J connectivity index is 1.96. The van der Waals surface area contributed by atoms with Gasteiger partial charge in [0.25, 0.3) is 0 Å². The zero-order chi connectivity index (χ0) is 13.6. The van der Waals surface area contributed by atoms with Crippen molar-refractivity contribution < 1.29 is 0 Å². The zero-order valence-corrected chi connectivity index (χ0v) is 12.5. The van der Waals surface area contributed by atoms with Crippen LogP contribution in [0.1, 0.15) is 42.2 Å². The first-order chi connectivity index (χ1) is 9.11. The molecule has 102 valence electrons. The molecule has 1 atom stereocenters. The second kappa shape index (κ2) is 4.72. The summed E-state index contributed by atoms with van der Waals surface area (Å²) >= 11 is 1.68. The molecule has 0 aromatic carbocycles. The Bertz CT molecular complexity index is 595. The predicted molar refractivity (Wildman–Crippen MR) is 78.1 cm³/mol. The molecule has 1 saturated carbocycles. The van der Waals surface area contributed by atoms with Gasteiger partial charge >= 0.3 is 0 Å². The minimum absolute atomic E-state index is 0.126. The molecular weight excluding hydrogens is 256 g/mol. The first-order valence-corrected chi connectivity index (χ1v) is 7.75. The molecule has 0 amide bonds. The Morgan fingerprint density at radius 3 is 2.79 bits per heavy atom. The fraction of sp³-hybridized carbons (Fsp3) is 0.571. The monoisotopic (exact) mass is 276 g/mol. The Morgan fingerprint density at radius 2 is 2.21 bits per heavy atom. The van der Waals surface area contributed by atoms with Gasteiger partial charge in [0.1, 0.15) is 5.01 Å². The number of aryl methyl sites for hydroxylation is 2. The number of nitrogens with zero attached hydrogens (tertiary/aromatic N) is 3. The van der Waals surface area contributed by atoms with Gasteiger partial charge in [-0.25, -0.2) is 4.98 Å². The van der Waals surface area contributed by atoms with E-state index in [1.54, 1.807) is 11.3 Å². The van der Waals surface area contributed by atoms with Crippen LogP contribution in [0.5, 0.6) is 0 Å². The quantitative estimate of drug-likeness (QED) is 0.933. The lowest BCUT2D eigenvalue weighted by atomic mass is 10.1. The molecule has 0 saturated heterocycles. The third kappa shape index (κ3) is 2.21. The lowest BCUT2D eigenvalue weighted by molar-refractivity contribution is 0.629. The van der Waals surface area contributed by atoms with Crippen molar-refractivity contribution in [3.8, 4) is 11.3 Å². The minimum atomic E-state index is 0.126. The van der Waals surface area contributed by atoms with Crippen LogP contribution < -0.4 is 5.73 Å². The Labute approximate surface area is 117 Å². The molecule has 1 aliphatic rings. The highest BCUT2D eigenvalue weighted by Crippen LogP contribution is 2.41. The van der Waals surface area contributed by atoms with Gasteiger partial charge in [-0.05, 0) is 39.5 Å². The van der Waals surface area contributed by atoms with Crippen LogP contribution >= 0.6 is 11.3 Å². The Hall–Kier alpha value is -1.20. The fourth-order valence-corrected chi connectivity index (χ4v) is 3.49. The molecule has 2 N–H and O–H groups in total. The van der Waals surface area contributed by atoms with Gasteiger partial charge in [0, 0.05) is 23.2 Å². The Kier molecular flexibility index (Phi) is 3.19. The third-order valence-corrected chi connectivity index (χ3v) is 4.82. The van der Waals surface area contributed by atoms with Gasteiger partial charge < -0.3 is 5.73 Å². The molecule has 4 nitrogen and oxygen atoms in total. The molecule has 0 bridgehead atoms. The van der Waals surface area contributed by atoms with Crippen LogP contribution in [0.25, 0.3) is 11.3 Å². The van der Waals surface area contributed by atoms with Crippen molar-refractivity contribution in [3.05, 3.63) is 21.8 Å². The molecule has 1 fully saturated rings. The maximum Gasteiger partial charge on any atom is 0.110 e. The van der Waals surface area contributed by atoms with Crippen molar-refractivity contribution in [2.24, 2.45) is 11.7 Å². The van der Waals surface area contributed by atoms with Crippen LogP contribution in [-0.4, -0.2) is 14.8 Å². The van der Waals surface area contributed by atoms with Crippen molar-refractivity contribution in [1.29, 1.82) is 0 Å². The van der Waals surface area contributed by atoms with Crippen LogP contribution in [0.2, 0.25) is 0 Å². The Morgan fingerprint density at radius 1 is 1.47 bits per heavy atom. The number of hydrogen-bond donors (Lipinski definition) is 1. The third-order valence-electron chi connectivity index (χ3n) is 3.87. The maximum absolute atomic E-state index is 6.23. The SMILES string of the molecule is CCn1nc(C)c(-c2csc(C(N)C3CC3)n2)c1C. The summed E-state index contributed by atoms with van der Waals surface area (Å²) in [5.74, 6) is 0.652. The van der Waals surface area contributed by atoms with Gasteiger partial charge in [0.2, 0.25) is 0 Å². The van der Waals surface area contributed by atoms with Gasteiger partial charge in [0.05, 0.1) is 17.4 Å². The highest BCUT2D eigenvalue weighted by molar-refractivity contribution is 7.10. The highest BCUT2D eigenvalue weighted by Gasteiger charge is 2.31. The maximum atomic E-state index is 6.23. The van der Waals surface area contributed by atoms with E-state index in [9.17, 15) is 0 Å². The molecule has 0 aliphatic heterocycles. The van der Waals surface area contributed by atoms with Crippen molar-refractivity contribution in [1.82, 2.24) is 14.8 Å². The lowest BCUT2D eigenvalue weighted by Crippen LogP contribution is -2.11. The van der Waals surface area contributed by atoms with Crippen LogP contribution in [0, 0.1) is 19.8 Å². The van der Waals surface area contributed by atoms with Crippen molar-refractivity contribution in [2.45, 2.75) is 46.2 Å². The largest absolute Gasteiger partial charge is 0.322 e. The van der Waals surface area contributed by atoms with E-state index in [0.29, 0.717) is 5.92 Å². The van der Waals surface area contributed by atoms with E-state index in [0.717, 1.165) is 22.9 Å². The molecule has 0 radical (unpaired) electrons. The number of hydrogen-bond acceptors (Lipinski definition) is 4. The summed E-state index contributed by atoms with van der Waals surface area (Å²) in [6, 6.07) is 0.126. The van der Waals surface area contributed by atoms with E-state index in [1.165, 1.54) is 24.1 Å². The average molecular weight is 276 g/mol. The van der Waals surface area contributed by atoms with Gasteiger partial charge in [-0.1, -0.05) is 0 Å². The van der Waals surface area contributed by atoms with E-state index in [4.69, 9.17) is 10.7 Å². The summed E-state index contributed by atoms with van der Waals surface area (Å²) in [5, 5.41) is 7.75. The second-order valence-corrected chi connectivity index (χ2v) is 6.19. The van der Waals surface area contributed by atoms with Crippen LogP contribution in [0.3, 0.4) is 0 Å². The second-order valence-electron chi connectivity index (χ2n) is 5.30. The van der Waals surface area contributed by atoms with E-state index in [-0.39, 0.29) is 6.04 Å². The highest BCUT2D eigenvalue weighted by atomic mass is 32.1. The first-order valence-electron chi connectivity index (χ1n) is 6.87. The van der Waals surface area contributed by atoms with E-state index < -0.39 is 0 Å². The molecule has 0 spiro atoms. The molecule has 3 rings (SSSR count). The number of thiazole rings is 1. The van der Waals surface area contributed by atoms with Gasteiger partial charge in [-0.15, -0.1) is 11.3 Å². The van der Waals surface area contributed by atoms with Crippen molar-refractivity contribution in [2.75, 3.05) is 0 Å². The molecular formula is C14H20N4S. The standard InChI is InChI=1S/C14H20N4S/c1-4-18-9(3)12(8(2)17-18)11-7-19-14(16-11)13(15)10-5-6-10/h7,10,13H,4-6,15H2,1-3H3. The zero-order valence-electron chi connectivity index (χ0n) is 11.7. The molecule has 2 aromatic rings. The van der Waals surface area contributed by atoms with Gasteiger partial charge in [-0.2, -0.15) is 5.10 Å². The molecule has 19 heavy (non-hydrogen) atoms. The summed E-state index contributed by atoms with van der Waals surface area (Å²) in [5.41, 5.74) is 10.7. The predicted octanol–water partition coefficient (Wildman–Crippen LogP) is 3.05. The molecule has 2 aromatic heterocycles. The molecule has 1 aliphatic carbocycles.